The predicted molar refractivity (Wildman–Crippen MR) is 82.6 cm³/mol. The Balaban J connectivity index is 1.99. The molecular formula is C15H16ClN3O3. The van der Waals surface area contributed by atoms with Crippen LogP contribution in [0.3, 0.4) is 0 Å². The molecule has 1 aliphatic heterocycles. The van der Waals surface area contributed by atoms with Crippen LogP contribution in [0.4, 0.5) is 0 Å². The highest BCUT2D eigenvalue weighted by Gasteiger charge is 2.44. The topological polar surface area (TPSA) is 88.6 Å². The molecule has 1 aromatic heterocycles. The van der Waals surface area contributed by atoms with Gasteiger partial charge in [0.15, 0.2) is 5.60 Å². The zero-order valence-corrected chi connectivity index (χ0v) is 12.8. The number of benzene rings is 1. The number of aryl methyl sites for hydroxylation is 1. The summed E-state index contributed by atoms with van der Waals surface area (Å²) in [6.45, 7) is 0.148. The van der Waals surface area contributed by atoms with Crippen LogP contribution in [-0.2, 0) is 11.8 Å². The van der Waals surface area contributed by atoms with Crippen LogP contribution in [-0.4, -0.2) is 45.1 Å². The number of para-hydroxylation sites is 1. The van der Waals surface area contributed by atoms with E-state index in [-0.39, 0.29) is 25.4 Å². The van der Waals surface area contributed by atoms with E-state index in [1.165, 1.54) is 4.90 Å². The second-order valence-corrected chi connectivity index (χ2v) is 5.99. The fourth-order valence-electron chi connectivity index (χ4n) is 2.90. The lowest BCUT2D eigenvalue weighted by Gasteiger charge is -2.20. The van der Waals surface area contributed by atoms with E-state index in [0.717, 1.165) is 10.9 Å². The average molecular weight is 322 g/mol. The number of β-amino-alcohol motifs (C(OH)–C–C–N with tert-alkyl or cyclic N) is 1. The summed E-state index contributed by atoms with van der Waals surface area (Å²) in [5, 5.41) is 11.3. The number of carbonyl (C=O) groups excluding carboxylic acids is 2. The zero-order chi connectivity index (χ0) is 16.1. The number of halogens is 1. The largest absolute Gasteiger partial charge is 0.378 e. The van der Waals surface area contributed by atoms with E-state index in [9.17, 15) is 14.7 Å². The van der Waals surface area contributed by atoms with Gasteiger partial charge in [0.2, 0.25) is 0 Å². The van der Waals surface area contributed by atoms with Crippen molar-refractivity contribution in [3.63, 3.8) is 0 Å². The average Bonchev–Trinajstić information content (AvgIpc) is 3.01. The van der Waals surface area contributed by atoms with Crippen LogP contribution in [0, 0.1) is 0 Å². The Kier molecular flexibility index (Phi) is 3.38. The third-order valence-electron chi connectivity index (χ3n) is 4.24. The molecule has 1 aromatic carbocycles. The molecule has 0 aliphatic carbocycles. The van der Waals surface area contributed by atoms with Gasteiger partial charge in [0.25, 0.3) is 11.8 Å². The summed E-state index contributed by atoms with van der Waals surface area (Å²) in [6, 6.07) is 7.44. The molecule has 22 heavy (non-hydrogen) atoms. The summed E-state index contributed by atoms with van der Waals surface area (Å²) in [4.78, 5) is 25.4. The molecular weight excluding hydrogens is 306 g/mol. The molecule has 1 aliphatic rings. The first-order valence-electron chi connectivity index (χ1n) is 6.89. The first kappa shape index (κ1) is 14.9. The Morgan fingerprint density at radius 1 is 1.36 bits per heavy atom. The van der Waals surface area contributed by atoms with Gasteiger partial charge in [-0.1, -0.05) is 29.8 Å². The van der Waals surface area contributed by atoms with Crippen molar-refractivity contribution in [2.24, 2.45) is 12.8 Å². The van der Waals surface area contributed by atoms with E-state index in [4.69, 9.17) is 17.3 Å². The molecule has 116 valence electrons. The van der Waals surface area contributed by atoms with Crippen LogP contribution in [0.15, 0.2) is 24.3 Å². The molecule has 2 aromatic rings. The molecule has 6 nitrogen and oxygen atoms in total. The van der Waals surface area contributed by atoms with Crippen molar-refractivity contribution >= 4 is 34.3 Å². The van der Waals surface area contributed by atoms with Crippen molar-refractivity contribution in [2.75, 3.05) is 13.1 Å². The lowest BCUT2D eigenvalue weighted by atomic mass is 10.0. The number of primary amides is 1. The standard InChI is InChI=1S/C15H16ClN3O3/c1-18-10-5-3-2-4-9(10)11(16)12(18)13(20)19-7-6-15(22,8-19)14(17)21/h2-5,22H,6-8H2,1H3,(H2,17,21). The third-order valence-corrected chi connectivity index (χ3v) is 4.62. The molecule has 7 heteroatoms. The molecule has 0 saturated carbocycles. The number of aliphatic hydroxyl groups is 1. The highest BCUT2D eigenvalue weighted by Crippen LogP contribution is 2.32. The van der Waals surface area contributed by atoms with Gasteiger partial charge >= 0.3 is 0 Å². The van der Waals surface area contributed by atoms with Gasteiger partial charge in [-0.2, -0.15) is 0 Å². The Hall–Kier alpha value is -2.05. The Labute approximate surface area is 132 Å². The van der Waals surface area contributed by atoms with Gasteiger partial charge in [0.05, 0.1) is 11.6 Å². The second kappa shape index (κ2) is 5.00. The van der Waals surface area contributed by atoms with E-state index in [1.54, 1.807) is 11.6 Å². The molecule has 1 atom stereocenters. The summed E-state index contributed by atoms with van der Waals surface area (Å²) in [7, 11) is 1.76. The van der Waals surface area contributed by atoms with E-state index >= 15 is 0 Å². The predicted octanol–water partition coefficient (Wildman–Crippen LogP) is 0.894. The van der Waals surface area contributed by atoms with Gasteiger partial charge < -0.3 is 20.3 Å². The summed E-state index contributed by atoms with van der Waals surface area (Å²) < 4.78 is 1.72. The van der Waals surface area contributed by atoms with Crippen LogP contribution in [0.5, 0.6) is 0 Å². The number of carbonyl (C=O) groups is 2. The van der Waals surface area contributed by atoms with E-state index < -0.39 is 11.5 Å². The van der Waals surface area contributed by atoms with Crippen molar-refractivity contribution in [3.8, 4) is 0 Å². The Bertz CT molecular complexity index is 747. The number of nitrogens with two attached hydrogens (primary N) is 1. The number of rotatable bonds is 2. The van der Waals surface area contributed by atoms with Gasteiger partial charge in [0, 0.05) is 30.9 Å². The number of fused-ring (bicyclic) bond motifs is 1. The van der Waals surface area contributed by atoms with Gasteiger partial charge in [0.1, 0.15) is 5.69 Å². The SMILES string of the molecule is Cn1c(C(=O)N2CCC(O)(C(N)=O)C2)c(Cl)c2ccccc21. The lowest BCUT2D eigenvalue weighted by molar-refractivity contribution is -0.134. The Morgan fingerprint density at radius 3 is 2.64 bits per heavy atom. The van der Waals surface area contributed by atoms with Crippen molar-refractivity contribution < 1.29 is 14.7 Å². The highest BCUT2D eigenvalue weighted by molar-refractivity contribution is 6.38. The van der Waals surface area contributed by atoms with Crippen LogP contribution < -0.4 is 5.73 Å². The molecule has 0 radical (unpaired) electrons. The first-order valence-corrected chi connectivity index (χ1v) is 7.27. The van der Waals surface area contributed by atoms with E-state index in [1.807, 2.05) is 24.3 Å². The van der Waals surface area contributed by atoms with Crippen molar-refractivity contribution in [2.45, 2.75) is 12.0 Å². The van der Waals surface area contributed by atoms with E-state index in [0.29, 0.717) is 10.7 Å². The monoisotopic (exact) mass is 321 g/mol. The van der Waals surface area contributed by atoms with Crippen LogP contribution >= 0.6 is 11.6 Å². The number of amides is 2. The maximum Gasteiger partial charge on any atom is 0.272 e. The summed E-state index contributed by atoms with van der Waals surface area (Å²) in [5.74, 6) is -1.13. The molecule has 0 spiro atoms. The number of hydrogen-bond donors (Lipinski definition) is 2. The summed E-state index contributed by atoms with van der Waals surface area (Å²) >= 11 is 6.35. The molecule has 1 unspecified atom stereocenters. The minimum atomic E-state index is -1.66. The number of aromatic nitrogens is 1. The van der Waals surface area contributed by atoms with Gasteiger partial charge in [-0.3, -0.25) is 9.59 Å². The van der Waals surface area contributed by atoms with Crippen molar-refractivity contribution in [1.29, 1.82) is 0 Å². The molecule has 3 rings (SSSR count). The maximum atomic E-state index is 12.7. The van der Waals surface area contributed by atoms with Crippen LogP contribution in [0.2, 0.25) is 5.02 Å². The fourth-order valence-corrected chi connectivity index (χ4v) is 3.27. The number of likely N-dealkylation sites (tertiary alicyclic amines) is 1. The van der Waals surface area contributed by atoms with Crippen LogP contribution in [0.1, 0.15) is 16.9 Å². The molecule has 0 bridgehead atoms. The maximum absolute atomic E-state index is 12.7. The minimum absolute atomic E-state index is 0.112. The molecule has 1 saturated heterocycles. The fraction of sp³-hybridized carbons (Fsp3) is 0.333. The molecule has 2 heterocycles. The van der Waals surface area contributed by atoms with Crippen molar-refractivity contribution in [3.05, 3.63) is 35.0 Å². The van der Waals surface area contributed by atoms with E-state index in [2.05, 4.69) is 0 Å². The first-order chi connectivity index (χ1) is 10.3. The minimum Gasteiger partial charge on any atom is -0.378 e. The molecule has 1 fully saturated rings. The quantitative estimate of drug-likeness (QED) is 0.861. The van der Waals surface area contributed by atoms with Crippen molar-refractivity contribution in [1.82, 2.24) is 9.47 Å². The lowest BCUT2D eigenvalue weighted by Crippen LogP contribution is -2.46. The molecule has 3 N–H and O–H groups in total. The highest BCUT2D eigenvalue weighted by atomic mass is 35.5. The number of hydrogen-bond acceptors (Lipinski definition) is 3. The second-order valence-electron chi connectivity index (χ2n) is 5.61. The smallest absolute Gasteiger partial charge is 0.272 e. The third kappa shape index (κ3) is 2.07. The number of nitrogens with zero attached hydrogens (tertiary/aromatic N) is 2. The van der Waals surface area contributed by atoms with Gasteiger partial charge in [-0.05, 0) is 6.07 Å². The van der Waals surface area contributed by atoms with Gasteiger partial charge in [-0.25, -0.2) is 0 Å². The summed E-state index contributed by atoms with van der Waals surface area (Å²) in [6.07, 6.45) is 0.135. The Morgan fingerprint density at radius 2 is 2.05 bits per heavy atom. The molecule has 2 amide bonds. The normalized spacial score (nSPS) is 21.5. The van der Waals surface area contributed by atoms with Crippen LogP contribution in [0.25, 0.3) is 10.9 Å². The summed E-state index contributed by atoms with van der Waals surface area (Å²) in [5.41, 5.74) is 4.73. The zero-order valence-electron chi connectivity index (χ0n) is 12.0. The van der Waals surface area contributed by atoms with Gasteiger partial charge in [-0.15, -0.1) is 0 Å².